The number of rotatable bonds is 7. The third kappa shape index (κ3) is 3.15. The molecule has 0 aliphatic heterocycles. The largest absolute Gasteiger partial charge is 0.467 e. The van der Waals surface area contributed by atoms with E-state index in [2.05, 4.69) is 29.3 Å². The Kier molecular flexibility index (Phi) is 7.12. The fourth-order valence-electron chi connectivity index (χ4n) is 1.39. The van der Waals surface area contributed by atoms with Gasteiger partial charge in [-0.05, 0) is 0 Å². The molecule has 0 aliphatic carbocycles. The molecule has 0 radical (unpaired) electrons. The second kappa shape index (κ2) is 7.32. The van der Waals surface area contributed by atoms with Crippen LogP contribution in [0.4, 0.5) is 0 Å². The molecule has 0 saturated heterocycles. The maximum atomic E-state index is 12.1. The number of hydrogen-bond acceptors (Lipinski definition) is 8. The molecular formula is C8H14BrO9P. The number of hydrogen-bond donors (Lipinski definition) is 1. The molecular weight excluding hydrogens is 351 g/mol. The maximum absolute atomic E-state index is 12.1. The monoisotopic (exact) mass is 364 g/mol. The minimum absolute atomic E-state index is 0.861. The lowest BCUT2D eigenvalue weighted by atomic mass is 10.2. The highest BCUT2D eigenvalue weighted by molar-refractivity contribution is 9.06. The molecule has 1 N–H and O–H groups in total. The van der Waals surface area contributed by atoms with Crippen LogP contribution in [0.15, 0.2) is 0 Å². The minimum atomic E-state index is -4.78. The predicted molar refractivity (Wildman–Crippen MR) is 64.4 cm³/mol. The van der Waals surface area contributed by atoms with Crippen molar-refractivity contribution < 1.29 is 41.6 Å². The summed E-state index contributed by atoms with van der Waals surface area (Å²) in [5.41, 5.74) is 0. The van der Waals surface area contributed by atoms with Crippen molar-refractivity contribution >= 4 is 35.8 Å². The van der Waals surface area contributed by atoms with Gasteiger partial charge in [-0.15, -0.1) is 0 Å². The van der Waals surface area contributed by atoms with Crippen LogP contribution in [0.2, 0.25) is 0 Å². The normalized spacial score (nSPS) is 18.8. The molecule has 0 aromatic heterocycles. The van der Waals surface area contributed by atoms with Crippen molar-refractivity contribution in [2.45, 2.75) is 11.4 Å². The molecule has 112 valence electrons. The van der Waals surface area contributed by atoms with Crippen LogP contribution in [0.25, 0.3) is 0 Å². The highest BCUT2D eigenvalue weighted by Gasteiger charge is 2.66. The van der Waals surface area contributed by atoms with E-state index in [9.17, 15) is 19.0 Å². The summed E-state index contributed by atoms with van der Waals surface area (Å²) in [4.78, 5) is 33.2. The first-order valence-corrected chi connectivity index (χ1v) is 6.88. The van der Waals surface area contributed by atoms with Crippen LogP contribution in [0.1, 0.15) is 0 Å². The highest BCUT2D eigenvalue weighted by Crippen LogP contribution is 2.58. The molecule has 0 saturated carbocycles. The molecule has 9 nitrogen and oxygen atoms in total. The van der Waals surface area contributed by atoms with Gasteiger partial charge >= 0.3 is 24.9 Å². The van der Waals surface area contributed by atoms with E-state index in [4.69, 9.17) is 9.47 Å². The van der Waals surface area contributed by atoms with Crippen molar-refractivity contribution in [1.82, 2.24) is 0 Å². The third-order valence-electron chi connectivity index (χ3n) is 2.35. The Bertz CT molecular complexity index is 386. The van der Waals surface area contributed by atoms with E-state index in [-0.39, 0.29) is 0 Å². The predicted octanol–water partition coefficient (Wildman–Crippen LogP) is 0.202. The van der Waals surface area contributed by atoms with Crippen LogP contribution in [0.5, 0.6) is 0 Å². The summed E-state index contributed by atoms with van der Waals surface area (Å²) in [7, 11) is -0.977. The third-order valence-corrected chi connectivity index (χ3v) is 4.58. The second-order valence-electron chi connectivity index (χ2n) is 3.11. The van der Waals surface area contributed by atoms with Crippen LogP contribution >= 0.6 is 23.9 Å². The first-order chi connectivity index (χ1) is 8.78. The minimum Gasteiger partial charge on any atom is -0.467 e. The van der Waals surface area contributed by atoms with Gasteiger partial charge in [-0.2, -0.15) is 0 Å². The van der Waals surface area contributed by atoms with E-state index in [1.54, 1.807) is 0 Å². The highest BCUT2D eigenvalue weighted by atomic mass is 79.9. The maximum Gasteiger partial charge on any atom is 0.374 e. The molecule has 0 fully saturated rings. The Morgan fingerprint density at radius 1 is 1.26 bits per heavy atom. The smallest absolute Gasteiger partial charge is 0.374 e. The first-order valence-electron chi connectivity index (χ1n) is 4.66. The van der Waals surface area contributed by atoms with Gasteiger partial charge in [-0.25, -0.2) is 9.59 Å². The van der Waals surface area contributed by atoms with Crippen LogP contribution in [-0.2, 0) is 36.7 Å². The van der Waals surface area contributed by atoms with Gasteiger partial charge in [0.1, 0.15) is 0 Å². The first kappa shape index (κ1) is 18.5. The summed E-state index contributed by atoms with van der Waals surface area (Å²) >= 11 is 2.36. The van der Waals surface area contributed by atoms with Gasteiger partial charge in [0.2, 0.25) is 6.10 Å². The molecule has 19 heavy (non-hydrogen) atoms. The number of ether oxygens (including phenoxy) is 3. The summed E-state index contributed by atoms with van der Waals surface area (Å²) in [5, 5.41) is -2.73. The molecule has 3 atom stereocenters. The van der Waals surface area contributed by atoms with E-state index in [1.165, 1.54) is 0 Å². The lowest BCUT2D eigenvalue weighted by molar-refractivity contribution is -0.179. The summed E-state index contributed by atoms with van der Waals surface area (Å²) in [6, 6.07) is 0. The average Bonchev–Trinajstić information content (AvgIpc) is 2.42. The SMILES string of the molecule is COC(=O)C(OC)C(OC)(C(=O)OBr)P(=O)(O)OC. The zero-order valence-electron chi connectivity index (χ0n) is 10.6. The lowest BCUT2D eigenvalue weighted by Gasteiger charge is -2.35. The van der Waals surface area contributed by atoms with E-state index in [0.717, 1.165) is 28.4 Å². The standard InChI is InChI=1S/C8H14BrO9P/c1-14-5(6(10)15-2)8(16-3,7(11)18-9)19(12,13)17-4/h5H,1-4H3,(H,12,13). The van der Waals surface area contributed by atoms with Crippen molar-refractivity contribution in [3.63, 3.8) is 0 Å². The van der Waals surface area contributed by atoms with Crippen molar-refractivity contribution in [3.8, 4) is 0 Å². The van der Waals surface area contributed by atoms with Crippen LogP contribution in [0.3, 0.4) is 0 Å². The quantitative estimate of drug-likeness (QED) is 0.499. The van der Waals surface area contributed by atoms with Crippen LogP contribution in [-0.4, -0.2) is 56.7 Å². The summed E-state index contributed by atoms with van der Waals surface area (Å²) < 4.78 is 34.5. The number of esters is 1. The van der Waals surface area contributed by atoms with Crippen molar-refractivity contribution in [2.75, 3.05) is 28.4 Å². The fourth-order valence-corrected chi connectivity index (χ4v) is 3.04. The van der Waals surface area contributed by atoms with Gasteiger partial charge < -0.3 is 27.5 Å². The Morgan fingerprint density at radius 3 is 2.05 bits per heavy atom. The van der Waals surface area contributed by atoms with Gasteiger partial charge in [-0.1, -0.05) is 0 Å². The summed E-state index contributed by atoms with van der Waals surface area (Å²) in [5.74, 6) is -2.51. The molecule has 0 aliphatic rings. The van der Waals surface area contributed by atoms with Gasteiger partial charge in [0.15, 0.2) is 16.3 Å². The number of methoxy groups -OCH3 is 3. The summed E-state index contributed by atoms with van der Waals surface area (Å²) in [6.45, 7) is 0. The van der Waals surface area contributed by atoms with Crippen molar-refractivity contribution in [2.24, 2.45) is 0 Å². The zero-order valence-corrected chi connectivity index (χ0v) is 13.1. The molecule has 0 bridgehead atoms. The lowest BCUT2D eigenvalue weighted by Crippen LogP contribution is -2.55. The number of carbonyl (C=O) groups is 2. The molecule has 0 spiro atoms. The molecule has 0 rings (SSSR count). The Morgan fingerprint density at radius 2 is 1.79 bits per heavy atom. The summed E-state index contributed by atoms with van der Waals surface area (Å²) in [6.07, 6.45) is -1.87. The molecule has 3 unspecified atom stereocenters. The van der Waals surface area contributed by atoms with Gasteiger partial charge in [0.05, 0.1) is 7.11 Å². The van der Waals surface area contributed by atoms with Crippen molar-refractivity contribution in [1.29, 1.82) is 0 Å². The Balaban J connectivity index is 6.07. The van der Waals surface area contributed by atoms with Gasteiger partial charge in [0.25, 0.3) is 0 Å². The average molecular weight is 365 g/mol. The zero-order chi connectivity index (χ0) is 15.3. The van der Waals surface area contributed by atoms with Crippen LogP contribution < -0.4 is 0 Å². The topological polar surface area (TPSA) is 118 Å². The molecule has 0 amide bonds. The Hall–Kier alpha value is -0.510. The number of halogens is 1. The van der Waals surface area contributed by atoms with Crippen LogP contribution in [0, 0.1) is 0 Å². The van der Waals surface area contributed by atoms with E-state index < -0.39 is 31.0 Å². The van der Waals surface area contributed by atoms with Crippen molar-refractivity contribution in [3.05, 3.63) is 0 Å². The molecule has 0 aromatic rings. The number of carbonyl (C=O) groups excluding carboxylic acids is 2. The van der Waals surface area contributed by atoms with E-state index in [0.29, 0.717) is 0 Å². The van der Waals surface area contributed by atoms with Gasteiger partial charge in [-0.3, -0.25) is 4.57 Å². The molecule has 0 aromatic carbocycles. The molecule has 11 heteroatoms. The van der Waals surface area contributed by atoms with E-state index in [1.807, 2.05) is 0 Å². The van der Waals surface area contributed by atoms with Gasteiger partial charge in [0, 0.05) is 21.3 Å². The fraction of sp³-hybridized carbons (Fsp3) is 0.750. The Labute approximate surface area is 118 Å². The van der Waals surface area contributed by atoms with E-state index >= 15 is 0 Å². The second-order valence-corrected chi connectivity index (χ2v) is 5.50. The molecule has 0 heterocycles.